The number of fused-ring (bicyclic) bond motifs is 1. The van der Waals surface area contributed by atoms with Gasteiger partial charge in [-0.15, -0.1) is 0 Å². The van der Waals surface area contributed by atoms with Crippen LogP contribution in [0.25, 0.3) is 11.4 Å². The lowest BCUT2D eigenvalue weighted by atomic mass is 9.88. The van der Waals surface area contributed by atoms with Gasteiger partial charge in [-0.1, -0.05) is 18.2 Å². The number of nitrogens with one attached hydrogen (secondary N) is 1. The van der Waals surface area contributed by atoms with E-state index in [1.165, 1.54) is 5.56 Å². The van der Waals surface area contributed by atoms with Crippen molar-refractivity contribution < 1.29 is 14.3 Å². The minimum Gasteiger partial charge on any atom is -0.458 e. The number of aromatic nitrogens is 2. The van der Waals surface area contributed by atoms with E-state index in [-0.39, 0.29) is 17.9 Å². The maximum absolute atomic E-state index is 13.7. The first-order valence-electron chi connectivity index (χ1n) is 14.4. The molecule has 41 heavy (non-hydrogen) atoms. The fourth-order valence-corrected chi connectivity index (χ4v) is 6.02. The topological polar surface area (TPSA) is 102 Å². The predicted octanol–water partition coefficient (Wildman–Crippen LogP) is 5.68. The van der Waals surface area contributed by atoms with E-state index in [2.05, 4.69) is 17.1 Å². The number of nitriles is 1. The second kappa shape index (κ2) is 11.0. The van der Waals surface area contributed by atoms with Crippen molar-refractivity contribution in [3.63, 3.8) is 0 Å². The zero-order chi connectivity index (χ0) is 29.5. The number of benzene rings is 2. The number of nitrogens with zero attached hydrogens (tertiary/aromatic N) is 4. The molecule has 0 spiro atoms. The number of likely N-dealkylation sites (tertiary alicyclic amines) is 1. The number of ether oxygens (including phenoxy) is 1. The van der Waals surface area contributed by atoms with Gasteiger partial charge in [0.05, 0.1) is 17.3 Å². The van der Waals surface area contributed by atoms with E-state index in [0.29, 0.717) is 48.8 Å². The van der Waals surface area contributed by atoms with Crippen LogP contribution in [-0.2, 0) is 16.0 Å². The monoisotopic (exact) mass is 553 g/mol. The molecule has 8 heteroatoms. The van der Waals surface area contributed by atoms with Gasteiger partial charge in [-0.2, -0.15) is 5.26 Å². The van der Waals surface area contributed by atoms with Crippen molar-refractivity contribution in [2.75, 3.05) is 25.0 Å². The zero-order valence-electron chi connectivity index (χ0n) is 24.9. The molecule has 0 bridgehead atoms. The summed E-state index contributed by atoms with van der Waals surface area (Å²) in [6, 6.07) is 13.6. The van der Waals surface area contributed by atoms with Crippen LogP contribution in [0, 0.1) is 25.2 Å². The van der Waals surface area contributed by atoms with Crippen molar-refractivity contribution in [1.82, 2.24) is 14.9 Å². The van der Waals surface area contributed by atoms with Crippen molar-refractivity contribution in [1.29, 1.82) is 5.26 Å². The molecule has 1 unspecified atom stereocenters. The number of imidazole rings is 1. The standard InChI is InChI=1S/C33H39N5O3/c1-20-17-21(2)26(31(39)38-15-13-24(14-16-38)23-9-7-22(19-34)8-10-23)18-25(20)29-35-27-11-12-28(37(6)30(27)36-29)32(40)41-33(3,4)5/h7-10,17-18,24,28H,11-16H2,1-6H3,(H,35,36). The lowest BCUT2D eigenvalue weighted by Crippen LogP contribution is -2.45. The number of anilines is 1. The van der Waals surface area contributed by atoms with Crippen LogP contribution < -0.4 is 4.90 Å². The fraction of sp³-hybridized carbons (Fsp3) is 0.455. The normalized spacial score (nSPS) is 17.6. The summed E-state index contributed by atoms with van der Waals surface area (Å²) in [6.45, 7) is 11.0. The molecule has 1 fully saturated rings. The summed E-state index contributed by atoms with van der Waals surface area (Å²) in [4.78, 5) is 38.8. The van der Waals surface area contributed by atoms with Crippen molar-refractivity contribution in [3.05, 3.63) is 69.9 Å². The summed E-state index contributed by atoms with van der Waals surface area (Å²) in [6.07, 6.45) is 3.13. The Labute approximate surface area is 242 Å². The Morgan fingerprint density at radius 2 is 1.73 bits per heavy atom. The van der Waals surface area contributed by atoms with Crippen molar-refractivity contribution in [2.24, 2.45) is 0 Å². The highest BCUT2D eigenvalue weighted by Crippen LogP contribution is 2.34. The van der Waals surface area contributed by atoms with Crippen LogP contribution in [0.3, 0.4) is 0 Å². The SMILES string of the molecule is Cc1cc(C)c(-c2nc3c([nH]2)CCC(C(=O)OC(C)(C)C)N3C)cc1C(=O)N1CCC(c2ccc(C#N)cc2)CC1. The molecule has 0 radical (unpaired) electrons. The molecule has 2 aromatic carbocycles. The van der Waals surface area contributed by atoms with Crippen LogP contribution in [0.5, 0.6) is 0 Å². The van der Waals surface area contributed by atoms with Gasteiger partial charge < -0.3 is 19.5 Å². The molecule has 0 aliphatic carbocycles. The molecule has 1 amide bonds. The average Bonchev–Trinajstić information content (AvgIpc) is 3.37. The van der Waals surface area contributed by atoms with Gasteiger partial charge in [0.1, 0.15) is 17.5 Å². The van der Waals surface area contributed by atoms with Gasteiger partial charge in [-0.25, -0.2) is 9.78 Å². The van der Waals surface area contributed by atoms with Crippen molar-refractivity contribution >= 4 is 17.7 Å². The van der Waals surface area contributed by atoms with Gasteiger partial charge in [-0.3, -0.25) is 4.79 Å². The first kappa shape index (κ1) is 28.4. The highest BCUT2D eigenvalue weighted by molar-refractivity contribution is 5.97. The smallest absolute Gasteiger partial charge is 0.329 e. The first-order chi connectivity index (χ1) is 19.4. The van der Waals surface area contributed by atoms with Gasteiger partial charge in [0, 0.05) is 31.3 Å². The molecule has 214 valence electrons. The lowest BCUT2D eigenvalue weighted by Gasteiger charge is -2.33. The molecule has 5 rings (SSSR count). The summed E-state index contributed by atoms with van der Waals surface area (Å²) >= 11 is 0. The molecule has 3 aromatic rings. The van der Waals surface area contributed by atoms with Gasteiger partial charge in [-0.05, 0) is 101 Å². The summed E-state index contributed by atoms with van der Waals surface area (Å²) in [7, 11) is 1.88. The third kappa shape index (κ3) is 5.85. The van der Waals surface area contributed by atoms with Crippen molar-refractivity contribution in [3.8, 4) is 17.5 Å². The molecule has 1 saturated heterocycles. The van der Waals surface area contributed by atoms with E-state index in [9.17, 15) is 9.59 Å². The zero-order valence-corrected chi connectivity index (χ0v) is 24.9. The minimum absolute atomic E-state index is 0.0421. The number of hydrogen-bond donors (Lipinski definition) is 1. The Hall–Kier alpha value is -4.12. The number of esters is 1. The van der Waals surface area contributed by atoms with Crippen LogP contribution in [-0.4, -0.2) is 58.5 Å². The number of H-pyrrole nitrogens is 1. The Kier molecular flexibility index (Phi) is 7.65. The van der Waals surface area contributed by atoms with Crippen LogP contribution in [0.1, 0.15) is 84.3 Å². The highest BCUT2D eigenvalue weighted by atomic mass is 16.6. The number of piperidine rings is 1. The van der Waals surface area contributed by atoms with E-state index < -0.39 is 5.60 Å². The summed E-state index contributed by atoms with van der Waals surface area (Å²) in [5.74, 6) is 1.65. The number of likely N-dealkylation sites (N-methyl/N-ethyl adjacent to an activating group) is 1. The third-order valence-corrected chi connectivity index (χ3v) is 8.26. The first-order valence-corrected chi connectivity index (χ1v) is 14.4. The molecule has 8 nitrogen and oxygen atoms in total. The Morgan fingerprint density at radius 3 is 2.37 bits per heavy atom. The van der Waals surface area contributed by atoms with Crippen LogP contribution in [0.15, 0.2) is 36.4 Å². The van der Waals surface area contributed by atoms with E-state index in [4.69, 9.17) is 15.0 Å². The molecular weight excluding hydrogens is 514 g/mol. The van der Waals surface area contributed by atoms with Gasteiger partial charge in [0.2, 0.25) is 0 Å². The predicted molar refractivity (Wildman–Crippen MR) is 159 cm³/mol. The van der Waals surface area contributed by atoms with Crippen LogP contribution in [0.2, 0.25) is 0 Å². The number of carbonyl (C=O) groups excluding carboxylic acids is 2. The molecule has 0 saturated carbocycles. The second-order valence-electron chi connectivity index (χ2n) is 12.4. The summed E-state index contributed by atoms with van der Waals surface area (Å²) in [5.41, 5.74) is 5.90. The van der Waals surface area contributed by atoms with E-state index in [0.717, 1.165) is 41.0 Å². The Bertz CT molecular complexity index is 1500. The largest absolute Gasteiger partial charge is 0.458 e. The number of aryl methyl sites for hydroxylation is 3. The molecule has 2 aliphatic heterocycles. The van der Waals surface area contributed by atoms with Gasteiger partial charge in [0.25, 0.3) is 5.91 Å². The van der Waals surface area contributed by atoms with Crippen LogP contribution in [0.4, 0.5) is 5.82 Å². The number of aromatic amines is 1. The minimum atomic E-state index is -0.546. The number of carbonyl (C=O) groups is 2. The summed E-state index contributed by atoms with van der Waals surface area (Å²) in [5, 5.41) is 9.07. The van der Waals surface area contributed by atoms with Crippen molar-refractivity contribution in [2.45, 2.75) is 77.9 Å². The molecule has 1 atom stereocenters. The number of amides is 1. The maximum atomic E-state index is 13.7. The summed E-state index contributed by atoms with van der Waals surface area (Å²) < 4.78 is 5.65. The quantitative estimate of drug-likeness (QED) is 0.417. The Balaban J connectivity index is 1.33. The highest BCUT2D eigenvalue weighted by Gasteiger charge is 2.35. The molecule has 3 heterocycles. The molecule has 1 aromatic heterocycles. The number of hydrogen-bond acceptors (Lipinski definition) is 6. The number of rotatable bonds is 4. The van der Waals surface area contributed by atoms with Crippen LogP contribution >= 0.6 is 0 Å². The molecular formula is C33H39N5O3. The van der Waals surface area contributed by atoms with E-state index in [1.54, 1.807) is 0 Å². The Morgan fingerprint density at radius 1 is 1.05 bits per heavy atom. The molecule has 2 aliphatic rings. The second-order valence-corrected chi connectivity index (χ2v) is 12.4. The average molecular weight is 554 g/mol. The molecule has 1 N–H and O–H groups in total. The third-order valence-electron chi connectivity index (χ3n) is 8.26. The van der Waals surface area contributed by atoms with E-state index >= 15 is 0 Å². The maximum Gasteiger partial charge on any atom is 0.329 e. The fourth-order valence-electron chi connectivity index (χ4n) is 6.02. The van der Waals surface area contributed by atoms with E-state index in [1.807, 2.05) is 81.8 Å². The van der Waals surface area contributed by atoms with Gasteiger partial charge >= 0.3 is 5.97 Å². The van der Waals surface area contributed by atoms with Gasteiger partial charge in [0.15, 0.2) is 5.82 Å². The lowest BCUT2D eigenvalue weighted by molar-refractivity contribution is -0.156.